The molecule has 0 unspecified atom stereocenters. The molecule has 0 bridgehead atoms. The molecule has 1 N–H and O–H groups in total. The number of hydrogen-bond donors (Lipinski definition) is 1. The van der Waals surface area contributed by atoms with E-state index in [0.717, 1.165) is 0 Å². The van der Waals surface area contributed by atoms with Crippen LogP contribution in [-0.2, 0) is 6.61 Å². The Kier molecular flexibility index (Phi) is 3.11. The summed E-state index contributed by atoms with van der Waals surface area (Å²) in [6, 6.07) is 3.50. The summed E-state index contributed by atoms with van der Waals surface area (Å²) in [6.07, 6.45) is 1.63. The number of hydrogen-bond acceptors (Lipinski definition) is 2. The molecule has 0 aromatic carbocycles. The molecule has 1 aromatic heterocycles. The average molecular weight is 164 g/mol. The van der Waals surface area contributed by atoms with Gasteiger partial charge in [-0.3, -0.25) is 4.48 Å². The fraction of sp³-hybridized carbons (Fsp3) is 0.375. The topological polar surface area (TPSA) is 33.3 Å². The van der Waals surface area contributed by atoms with E-state index in [1.807, 2.05) is 6.92 Å². The van der Waals surface area contributed by atoms with Crippen molar-refractivity contribution in [2.45, 2.75) is 13.5 Å². The van der Waals surface area contributed by atoms with E-state index in [4.69, 9.17) is 17.8 Å². The highest BCUT2D eigenvalue weighted by Gasteiger charge is 2.05. The highest BCUT2D eigenvalue weighted by atomic mass is 16.5. The quantitative estimate of drug-likeness (QED) is 0.627. The van der Waals surface area contributed by atoms with Gasteiger partial charge in [0.05, 0.1) is 6.61 Å². The first-order valence-corrected chi connectivity index (χ1v) is 3.81. The zero-order chi connectivity index (χ0) is 8.97. The predicted molar refractivity (Wildman–Crippen MR) is 44.9 cm³/mol. The van der Waals surface area contributed by atoms with Crippen LogP contribution in [0, 0.1) is 0 Å². The third-order valence-corrected chi connectivity index (χ3v) is 1.51. The van der Waals surface area contributed by atoms with Gasteiger partial charge in [0.2, 0.25) is 0 Å². The summed E-state index contributed by atoms with van der Waals surface area (Å²) in [5, 5.41) is 8.80. The SMILES string of the molecule is [B][n+]1cc(OCC)ccc1CO. The first kappa shape index (κ1) is 9.07. The van der Waals surface area contributed by atoms with E-state index in [0.29, 0.717) is 18.1 Å². The molecule has 1 aromatic rings. The molecular weight excluding hydrogens is 153 g/mol. The third-order valence-electron chi connectivity index (χ3n) is 1.51. The van der Waals surface area contributed by atoms with Gasteiger partial charge in [-0.05, 0) is 13.0 Å². The normalized spacial score (nSPS) is 9.83. The van der Waals surface area contributed by atoms with Crippen molar-refractivity contribution in [3.63, 3.8) is 0 Å². The lowest BCUT2D eigenvalue weighted by molar-refractivity contribution is -0.535. The summed E-state index contributed by atoms with van der Waals surface area (Å²) in [7, 11) is 5.54. The molecule has 1 rings (SSSR count). The zero-order valence-electron chi connectivity index (χ0n) is 7.03. The Labute approximate surface area is 73.0 Å². The van der Waals surface area contributed by atoms with Crippen LogP contribution in [0.15, 0.2) is 18.3 Å². The Morgan fingerprint density at radius 1 is 1.58 bits per heavy atom. The van der Waals surface area contributed by atoms with Crippen molar-refractivity contribution in [1.82, 2.24) is 0 Å². The third kappa shape index (κ3) is 1.98. The van der Waals surface area contributed by atoms with E-state index in [1.165, 1.54) is 4.48 Å². The molecule has 0 spiro atoms. The molecule has 0 aliphatic heterocycles. The van der Waals surface area contributed by atoms with E-state index in [1.54, 1.807) is 18.3 Å². The number of pyridine rings is 1. The van der Waals surface area contributed by atoms with Gasteiger partial charge < -0.3 is 9.84 Å². The molecule has 12 heavy (non-hydrogen) atoms. The van der Waals surface area contributed by atoms with Crippen LogP contribution in [0.5, 0.6) is 5.75 Å². The lowest BCUT2D eigenvalue weighted by Crippen LogP contribution is -2.36. The first-order valence-electron chi connectivity index (χ1n) is 3.81. The zero-order valence-corrected chi connectivity index (χ0v) is 7.03. The first-order chi connectivity index (χ1) is 5.77. The highest BCUT2D eigenvalue weighted by Crippen LogP contribution is 2.06. The van der Waals surface area contributed by atoms with Crippen LogP contribution in [-0.4, -0.2) is 19.7 Å². The van der Waals surface area contributed by atoms with Crippen molar-refractivity contribution >= 4 is 7.98 Å². The van der Waals surface area contributed by atoms with Crippen molar-refractivity contribution in [1.29, 1.82) is 0 Å². The molecule has 0 aliphatic carbocycles. The van der Waals surface area contributed by atoms with Crippen LogP contribution in [0.1, 0.15) is 12.6 Å². The van der Waals surface area contributed by atoms with Gasteiger partial charge in [0.1, 0.15) is 6.61 Å². The summed E-state index contributed by atoms with van der Waals surface area (Å²) >= 11 is 0. The summed E-state index contributed by atoms with van der Waals surface area (Å²) in [5.41, 5.74) is 0.651. The van der Waals surface area contributed by atoms with Crippen molar-refractivity contribution in [2.24, 2.45) is 0 Å². The molecule has 0 atom stereocenters. The van der Waals surface area contributed by atoms with Gasteiger partial charge in [-0.1, -0.05) is 0 Å². The molecular formula is C8H11BNO2+. The molecule has 1 heterocycles. The second kappa shape index (κ2) is 4.11. The summed E-state index contributed by atoms with van der Waals surface area (Å²) in [5.74, 6) is 0.706. The maximum Gasteiger partial charge on any atom is 0.586 e. The van der Waals surface area contributed by atoms with Crippen molar-refractivity contribution in [2.75, 3.05) is 6.61 Å². The van der Waals surface area contributed by atoms with Crippen LogP contribution in [0.25, 0.3) is 0 Å². The van der Waals surface area contributed by atoms with Gasteiger partial charge in [-0.2, -0.15) is 0 Å². The Morgan fingerprint density at radius 2 is 2.33 bits per heavy atom. The van der Waals surface area contributed by atoms with Crippen LogP contribution in [0.2, 0.25) is 0 Å². The van der Waals surface area contributed by atoms with Gasteiger partial charge in [0.25, 0.3) is 0 Å². The number of nitrogens with zero attached hydrogens (tertiary/aromatic N) is 1. The Bertz CT molecular complexity index is 265. The Morgan fingerprint density at radius 3 is 2.83 bits per heavy atom. The van der Waals surface area contributed by atoms with Gasteiger partial charge in [-0.25, -0.2) is 0 Å². The molecule has 0 saturated carbocycles. The molecule has 62 valence electrons. The summed E-state index contributed by atoms with van der Waals surface area (Å²) < 4.78 is 6.56. The second-order valence-corrected chi connectivity index (χ2v) is 2.35. The number of aliphatic hydroxyl groups excluding tert-OH is 1. The largest absolute Gasteiger partial charge is 0.586 e. The molecule has 0 amide bonds. The van der Waals surface area contributed by atoms with Gasteiger partial charge in [0, 0.05) is 6.07 Å². The van der Waals surface area contributed by atoms with E-state index < -0.39 is 0 Å². The molecule has 2 radical (unpaired) electrons. The standard InChI is InChI=1S/C8H11BNO2/c1-2-12-8-4-3-7(6-11)10(9)5-8/h3-5,11H,2,6H2,1H3/q+1. The van der Waals surface area contributed by atoms with Gasteiger partial charge >= 0.3 is 7.98 Å². The monoisotopic (exact) mass is 164 g/mol. The lowest BCUT2D eigenvalue weighted by Gasteiger charge is -2.02. The maximum atomic E-state index is 8.80. The van der Waals surface area contributed by atoms with E-state index in [-0.39, 0.29) is 6.61 Å². The van der Waals surface area contributed by atoms with Crippen LogP contribution < -0.4 is 9.21 Å². The van der Waals surface area contributed by atoms with Crippen LogP contribution in [0.3, 0.4) is 0 Å². The van der Waals surface area contributed by atoms with Crippen molar-refractivity contribution in [3.8, 4) is 5.75 Å². The molecule has 0 aliphatic rings. The number of aromatic nitrogens is 1. The fourth-order valence-electron chi connectivity index (χ4n) is 0.914. The number of ether oxygens (including phenoxy) is 1. The average Bonchev–Trinajstić information content (AvgIpc) is 2.05. The van der Waals surface area contributed by atoms with Crippen LogP contribution in [0.4, 0.5) is 0 Å². The lowest BCUT2D eigenvalue weighted by atomic mass is 10.2. The fourth-order valence-corrected chi connectivity index (χ4v) is 0.914. The van der Waals surface area contributed by atoms with Crippen LogP contribution >= 0.6 is 0 Å². The highest BCUT2D eigenvalue weighted by molar-refractivity contribution is 5.94. The maximum absolute atomic E-state index is 8.80. The predicted octanol–water partition coefficient (Wildman–Crippen LogP) is -0.203. The Balaban J connectivity index is 2.86. The van der Waals surface area contributed by atoms with E-state index in [2.05, 4.69) is 0 Å². The minimum Gasteiger partial charge on any atom is -0.488 e. The molecule has 3 nitrogen and oxygen atoms in total. The number of aliphatic hydroxyl groups is 1. The van der Waals surface area contributed by atoms with Gasteiger partial charge in [-0.15, -0.1) is 0 Å². The minimum absolute atomic E-state index is 0.0666. The molecule has 4 heteroatoms. The minimum atomic E-state index is -0.0666. The Hall–Kier alpha value is -1.03. The number of rotatable bonds is 3. The molecule has 0 fully saturated rings. The molecule has 0 saturated heterocycles. The van der Waals surface area contributed by atoms with Crippen molar-refractivity contribution < 1.29 is 14.3 Å². The second-order valence-electron chi connectivity index (χ2n) is 2.35. The van der Waals surface area contributed by atoms with E-state index in [9.17, 15) is 0 Å². The van der Waals surface area contributed by atoms with Crippen molar-refractivity contribution in [3.05, 3.63) is 24.0 Å². The summed E-state index contributed by atoms with van der Waals surface area (Å²) in [4.78, 5) is 0. The summed E-state index contributed by atoms with van der Waals surface area (Å²) in [6.45, 7) is 2.45. The smallest absolute Gasteiger partial charge is 0.488 e. The van der Waals surface area contributed by atoms with E-state index >= 15 is 0 Å². The van der Waals surface area contributed by atoms with Gasteiger partial charge in [0.15, 0.2) is 17.6 Å².